The first-order valence-electron chi connectivity index (χ1n) is 13.8. The smallest absolute Gasteiger partial charge is 0.108 e. The zero-order valence-corrected chi connectivity index (χ0v) is 10.8. The Kier molecular flexibility index (Phi) is 1.60. The number of likely N-dealkylation sites (N-methyl/N-ethyl adjacent to an activating group) is 1. The average molecular weight is 285 g/mol. The summed E-state index contributed by atoms with van der Waals surface area (Å²) in [4.78, 5) is 0.134. The van der Waals surface area contributed by atoms with Gasteiger partial charge in [-0.25, -0.2) is 0 Å². The Labute approximate surface area is 144 Å². The molecule has 0 saturated heterocycles. The van der Waals surface area contributed by atoms with Crippen LogP contribution in [-0.2, 0) is 4.74 Å². The van der Waals surface area contributed by atoms with Crippen molar-refractivity contribution >= 4 is 0 Å². The number of hydrogen-bond donors (Lipinski definition) is 0. The van der Waals surface area contributed by atoms with Crippen molar-refractivity contribution < 1.29 is 26.7 Å². The zero-order valence-electron chi connectivity index (χ0n) is 26.8. The molecule has 0 aromatic heterocycles. The zero-order chi connectivity index (χ0) is 28.1. The summed E-state index contributed by atoms with van der Waals surface area (Å²) in [6.07, 6.45) is -2.87. The van der Waals surface area contributed by atoms with Crippen LogP contribution >= 0.6 is 0 Å². The molecule has 0 radical (unpaired) electrons. The van der Waals surface area contributed by atoms with Crippen LogP contribution in [0.1, 0.15) is 44.7 Å². The first-order valence-corrected chi connectivity index (χ1v) is 5.76. The van der Waals surface area contributed by atoms with E-state index in [-0.39, 0.29) is 10.5 Å². The minimum Gasteiger partial charge on any atom is -0.367 e. The van der Waals surface area contributed by atoms with Crippen LogP contribution in [0.25, 0.3) is 0 Å². The summed E-state index contributed by atoms with van der Waals surface area (Å²) in [5.74, 6) is 0. The summed E-state index contributed by atoms with van der Waals surface area (Å²) in [7, 11) is 0. The van der Waals surface area contributed by atoms with Crippen LogP contribution < -0.4 is 0 Å². The van der Waals surface area contributed by atoms with E-state index in [2.05, 4.69) is 0 Å². The fraction of sp³-hybridized carbons (Fsp3) is 0.333. The van der Waals surface area contributed by atoms with Crippen molar-refractivity contribution in [2.75, 3.05) is 27.1 Å². The first-order chi connectivity index (χ1) is 16.2. The van der Waals surface area contributed by atoms with Gasteiger partial charge in [0.05, 0.1) is 20.3 Å². The summed E-state index contributed by atoms with van der Waals surface area (Å²) in [6, 6.07) is -6.98. The maximum Gasteiger partial charge on any atom is 0.108 e. The van der Waals surface area contributed by atoms with E-state index in [9.17, 15) is 0 Å². The molecule has 1 atom stereocenters. The Bertz CT molecular complexity index is 1030. The van der Waals surface area contributed by atoms with E-state index >= 15 is 0 Å². The molecule has 0 saturated carbocycles. The monoisotopic (exact) mass is 285 g/mol. The number of benzene rings is 2. The molecule has 0 fully saturated rings. The standard InChI is InChI=1S/C18H23NO/c1-15-9-7-8-12-17(15)18(20-14-13-19(2)3)16-10-5-4-6-11-16/h4-12,18H,13-14H2,1-3H3/i2D3,3D3,4D,5D,6D,7D,8D,9D,10D,11D,12D,18D. The number of rotatable bonds is 6. The van der Waals surface area contributed by atoms with Crippen LogP contribution in [0, 0.1) is 6.92 Å². The molecular formula is C18H23NO. The van der Waals surface area contributed by atoms with Gasteiger partial charge < -0.3 is 9.64 Å². The SMILES string of the molecule is [2H]c1c([2H])c([2H])c(C([2H])(OCCN(C([2H])([2H])[2H])C([2H])([2H])[2H])c2c([2H])c([2H])c([2H])c([2H])c2C)c([2H])c1[2H]. The molecule has 0 N–H and O–H groups in total. The third-order valence-electron chi connectivity index (χ3n) is 2.39. The summed E-state index contributed by atoms with van der Waals surface area (Å²) < 4.78 is 132. The van der Waals surface area contributed by atoms with Crippen molar-refractivity contribution in [2.45, 2.75) is 13.0 Å². The van der Waals surface area contributed by atoms with Gasteiger partial charge in [0.25, 0.3) is 0 Å². The van der Waals surface area contributed by atoms with Crippen molar-refractivity contribution in [1.29, 1.82) is 0 Å². The Morgan fingerprint density at radius 2 is 1.85 bits per heavy atom. The van der Waals surface area contributed by atoms with Crippen LogP contribution in [-0.4, -0.2) is 32.0 Å². The number of hydrogen-bond acceptors (Lipinski definition) is 2. The molecule has 20 heavy (non-hydrogen) atoms. The molecule has 0 aliphatic heterocycles. The van der Waals surface area contributed by atoms with Gasteiger partial charge in [0.1, 0.15) is 6.08 Å². The van der Waals surface area contributed by atoms with E-state index in [1.807, 2.05) is 0 Å². The van der Waals surface area contributed by atoms with E-state index in [1.54, 1.807) is 0 Å². The third-order valence-corrected chi connectivity index (χ3v) is 2.39. The van der Waals surface area contributed by atoms with Gasteiger partial charge >= 0.3 is 0 Å². The van der Waals surface area contributed by atoms with Crippen LogP contribution in [0.3, 0.4) is 0 Å². The van der Waals surface area contributed by atoms with Gasteiger partial charge in [-0.05, 0) is 37.6 Å². The second-order valence-electron chi connectivity index (χ2n) is 3.83. The van der Waals surface area contributed by atoms with Gasteiger partial charge in [-0.3, -0.25) is 0 Å². The lowest BCUT2D eigenvalue weighted by atomic mass is 9.97. The quantitative estimate of drug-likeness (QED) is 0.803. The van der Waals surface area contributed by atoms with Gasteiger partial charge in [0.2, 0.25) is 0 Å². The predicted molar refractivity (Wildman–Crippen MR) is 84.0 cm³/mol. The van der Waals surface area contributed by atoms with Crippen molar-refractivity contribution in [3.05, 3.63) is 71.1 Å². The molecule has 0 heterocycles. The third kappa shape index (κ3) is 3.92. The first kappa shape index (κ1) is 4.43. The van der Waals surface area contributed by atoms with Gasteiger partial charge in [-0.2, -0.15) is 0 Å². The molecule has 0 aliphatic carbocycles. The molecule has 0 aliphatic rings. The van der Waals surface area contributed by atoms with E-state index < -0.39 is 98.7 Å². The Balaban J connectivity index is 2.84. The minimum absolute atomic E-state index is 0.134. The highest BCUT2D eigenvalue weighted by Gasteiger charge is 2.16. The van der Waals surface area contributed by atoms with Gasteiger partial charge in [-0.15, -0.1) is 0 Å². The Morgan fingerprint density at radius 1 is 1.15 bits per heavy atom. The molecule has 0 bridgehead atoms. The second-order valence-corrected chi connectivity index (χ2v) is 3.83. The summed E-state index contributed by atoms with van der Waals surface area (Å²) >= 11 is 0. The van der Waals surface area contributed by atoms with Crippen LogP contribution in [0.15, 0.2) is 54.4 Å². The van der Waals surface area contributed by atoms with Gasteiger partial charge in [0.15, 0.2) is 0 Å². The average Bonchev–Trinajstić information content (AvgIpc) is 2.75. The van der Waals surface area contributed by atoms with Crippen LogP contribution in [0.2, 0.25) is 0 Å². The molecule has 2 aromatic rings. The molecule has 2 aromatic carbocycles. The lowest BCUT2D eigenvalue weighted by Gasteiger charge is -2.22. The fourth-order valence-corrected chi connectivity index (χ4v) is 1.47. The fourth-order valence-electron chi connectivity index (χ4n) is 1.47. The predicted octanol–water partition coefficient (Wildman–Crippen LogP) is 3.66. The van der Waals surface area contributed by atoms with E-state index in [4.69, 9.17) is 26.7 Å². The number of nitrogens with zero attached hydrogens (tertiary/aromatic N) is 1. The van der Waals surface area contributed by atoms with Crippen LogP contribution in [0.5, 0.6) is 0 Å². The van der Waals surface area contributed by atoms with E-state index in [0.717, 1.165) is 0 Å². The van der Waals surface area contributed by atoms with Crippen molar-refractivity contribution in [1.82, 2.24) is 4.90 Å². The number of ether oxygens (including phenoxy) is 1. The highest BCUT2D eigenvalue weighted by atomic mass is 16.5. The van der Waals surface area contributed by atoms with Crippen LogP contribution in [0.4, 0.5) is 0 Å². The molecule has 0 spiro atoms. The Hall–Kier alpha value is -1.64. The highest BCUT2D eigenvalue weighted by Crippen LogP contribution is 2.28. The maximum absolute atomic E-state index is 9.11. The van der Waals surface area contributed by atoms with Crippen molar-refractivity contribution in [3.8, 4) is 0 Å². The van der Waals surface area contributed by atoms with Gasteiger partial charge in [-0.1, -0.05) is 54.4 Å². The topological polar surface area (TPSA) is 12.5 Å². The lowest BCUT2D eigenvalue weighted by molar-refractivity contribution is 0.0683. The van der Waals surface area contributed by atoms with Crippen molar-refractivity contribution in [2.24, 2.45) is 0 Å². The maximum atomic E-state index is 9.11. The highest BCUT2D eigenvalue weighted by molar-refractivity contribution is 5.35. The van der Waals surface area contributed by atoms with Gasteiger partial charge in [0, 0.05) is 14.8 Å². The summed E-state index contributed by atoms with van der Waals surface area (Å²) in [5, 5.41) is 0. The van der Waals surface area contributed by atoms with E-state index in [1.165, 1.54) is 6.92 Å². The lowest BCUT2D eigenvalue weighted by Crippen LogP contribution is -2.20. The molecule has 2 rings (SSSR count). The second kappa shape index (κ2) is 7.22. The molecule has 1 unspecified atom stereocenters. The molecule has 2 heteroatoms. The summed E-state index contributed by atoms with van der Waals surface area (Å²) in [6.45, 7) is -6.60. The van der Waals surface area contributed by atoms with Crippen molar-refractivity contribution in [3.63, 3.8) is 0 Å². The molecule has 2 nitrogen and oxygen atoms in total. The molecule has 106 valence electrons. The Morgan fingerprint density at radius 3 is 2.60 bits per heavy atom. The normalized spacial score (nSPS) is 26.9. The molecular weight excluding hydrogens is 246 g/mol. The largest absolute Gasteiger partial charge is 0.367 e. The molecule has 0 amide bonds. The summed E-state index contributed by atoms with van der Waals surface area (Å²) in [5.41, 5.74) is -1.57. The minimum atomic E-state index is -3.10. The van der Waals surface area contributed by atoms with E-state index in [0.29, 0.717) is 0 Å².